The second kappa shape index (κ2) is 7.22. The number of hydrogen-bond acceptors (Lipinski definition) is 6. The quantitative estimate of drug-likeness (QED) is 0.863. The molecule has 1 fully saturated rings. The Morgan fingerprint density at radius 1 is 1.36 bits per heavy atom. The molecule has 2 aromatic rings. The summed E-state index contributed by atoms with van der Waals surface area (Å²) in [5.74, 6) is -0.825. The number of benzene rings is 1. The number of rotatable bonds is 4. The third-order valence-corrected chi connectivity index (χ3v) is 4.24. The Hall–Kier alpha value is -3.07. The van der Waals surface area contributed by atoms with Gasteiger partial charge in [0.05, 0.1) is 29.7 Å². The summed E-state index contributed by atoms with van der Waals surface area (Å²) < 4.78 is 4.95. The van der Waals surface area contributed by atoms with Crippen LogP contribution in [0.25, 0.3) is 11.3 Å². The van der Waals surface area contributed by atoms with Gasteiger partial charge in [-0.1, -0.05) is 6.07 Å². The number of nitriles is 1. The molecule has 0 bridgehead atoms. The molecule has 0 saturated carbocycles. The third kappa shape index (κ3) is 3.41. The van der Waals surface area contributed by atoms with Crippen LogP contribution in [0, 0.1) is 11.3 Å². The maximum Gasteiger partial charge on any atom is 0.342 e. The molecule has 1 aliphatic heterocycles. The number of ether oxygens (including phenoxy) is 1. The van der Waals surface area contributed by atoms with E-state index in [1.165, 1.54) is 12.3 Å². The first-order valence-corrected chi connectivity index (χ1v) is 8.29. The lowest BCUT2D eigenvalue weighted by molar-refractivity contribution is 0.0523. The molecule has 3 rings (SSSR count). The maximum atomic E-state index is 11.9. The van der Waals surface area contributed by atoms with Crippen LogP contribution in [-0.2, 0) is 4.74 Å². The van der Waals surface area contributed by atoms with Crippen LogP contribution in [-0.4, -0.2) is 35.8 Å². The van der Waals surface area contributed by atoms with Gasteiger partial charge in [0.25, 0.3) is 0 Å². The molecule has 0 radical (unpaired) electrons. The largest absolute Gasteiger partial charge is 0.505 e. The smallest absolute Gasteiger partial charge is 0.342 e. The molecule has 0 atom stereocenters. The van der Waals surface area contributed by atoms with E-state index in [9.17, 15) is 15.2 Å². The van der Waals surface area contributed by atoms with E-state index in [-0.39, 0.29) is 17.9 Å². The SMILES string of the molecule is CCOC(=O)c1cc(-c2ccc(N3CCCC3)c(C#N)c2)ncc1O. The van der Waals surface area contributed by atoms with Gasteiger partial charge in [-0.15, -0.1) is 0 Å². The summed E-state index contributed by atoms with van der Waals surface area (Å²) in [6.45, 7) is 3.84. The average Bonchev–Trinajstić information content (AvgIpc) is 3.16. The summed E-state index contributed by atoms with van der Waals surface area (Å²) in [5.41, 5.74) is 2.78. The van der Waals surface area contributed by atoms with Crippen molar-refractivity contribution in [1.82, 2.24) is 4.98 Å². The number of nitrogens with zero attached hydrogens (tertiary/aromatic N) is 3. The van der Waals surface area contributed by atoms with Crippen LogP contribution in [0.1, 0.15) is 35.7 Å². The van der Waals surface area contributed by atoms with Crippen LogP contribution in [0.15, 0.2) is 30.5 Å². The van der Waals surface area contributed by atoms with E-state index < -0.39 is 5.97 Å². The highest BCUT2D eigenvalue weighted by atomic mass is 16.5. The zero-order valence-electron chi connectivity index (χ0n) is 14.0. The van der Waals surface area contributed by atoms with Gasteiger partial charge in [-0.05, 0) is 38.0 Å². The van der Waals surface area contributed by atoms with Gasteiger partial charge in [0, 0.05) is 18.7 Å². The minimum atomic E-state index is -0.599. The van der Waals surface area contributed by atoms with Crippen molar-refractivity contribution in [2.24, 2.45) is 0 Å². The van der Waals surface area contributed by atoms with E-state index >= 15 is 0 Å². The number of hydrogen-bond donors (Lipinski definition) is 1. The van der Waals surface area contributed by atoms with Gasteiger partial charge in [-0.3, -0.25) is 4.98 Å². The predicted octanol–water partition coefficient (Wildman–Crippen LogP) is 3.10. The lowest BCUT2D eigenvalue weighted by atomic mass is 10.0. The van der Waals surface area contributed by atoms with Gasteiger partial charge in [-0.25, -0.2) is 4.79 Å². The molecular formula is C19H19N3O3. The maximum absolute atomic E-state index is 11.9. The Bertz CT molecular complexity index is 836. The molecule has 1 aromatic heterocycles. The van der Waals surface area contributed by atoms with Crippen molar-refractivity contribution in [2.45, 2.75) is 19.8 Å². The third-order valence-electron chi connectivity index (χ3n) is 4.24. The molecular weight excluding hydrogens is 318 g/mol. The van der Waals surface area contributed by atoms with E-state index in [1.807, 2.05) is 12.1 Å². The van der Waals surface area contributed by atoms with Crippen LogP contribution < -0.4 is 4.90 Å². The number of carbonyl (C=O) groups is 1. The minimum Gasteiger partial charge on any atom is -0.505 e. The Kier molecular flexibility index (Phi) is 4.85. The van der Waals surface area contributed by atoms with Crippen molar-refractivity contribution in [3.63, 3.8) is 0 Å². The first-order chi connectivity index (χ1) is 12.1. The number of esters is 1. The molecule has 1 aromatic carbocycles. The molecule has 6 nitrogen and oxygen atoms in total. The van der Waals surface area contributed by atoms with Crippen molar-refractivity contribution in [3.8, 4) is 23.1 Å². The summed E-state index contributed by atoms with van der Waals surface area (Å²) >= 11 is 0. The Balaban J connectivity index is 1.98. The Labute approximate surface area is 146 Å². The summed E-state index contributed by atoms with van der Waals surface area (Å²) in [5, 5.41) is 19.3. The Morgan fingerprint density at radius 2 is 2.12 bits per heavy atom. The predicted molar refractivity (Wildman–Crippen MR) is 93.5 cm³/mol. The van der Waals surface area contributed by atoms with Crippen molar-refractivity contribution < 1.29 is 14.6 Å². The molecule has 1 N–H and O–H groups in total. The second-order valence-electron chi connectivity index (χ2n) is 5.85. The number of anilines is 1. The first-order valence-electron chi connectivity index (χ1n) is 8.29. The van der Waals surface area contributed by atoms with Gasteiger partial charge in [0.2, 0.25) is 0 Å². The van der Waals surface area contributed by atoms with E-state index in [4.69, 9.17) is 4.74 Å². The molecule has 128 valence electrons. The summed E-state index contributed by atoms with van der Waals surface area (Å²) in [4.78, 5) is 18.3. The van der Waals surface area contributed by atoms with Crippen molar-refractivity contribution in [3.05, 3.63) is 41.6 Å². The topological polar surface area (TPSA) is 86.5 Å². The number of aromatic hydroxyl groups is 1. The fraction of sp³-hybridized carbons (Fsp3) is 0.316. The molecule has 0 aliphatic carbocycles. The molecule has 25 heavy (non-hydrogen) atoms. The van der Waals surface area contributed by atoms with Crippen LogP contribution in [0.2, 0.25) is 0 Å². The number of aromatic nitrogens is 1. The van der Waals surface area contributed by atoms with E-state index in [0.717, 1.165) is 31.6 Å². The normalized spacial score (nSPS) is 13.5. The standard InChI is InChI=1S/C19H19N3O3/c1-2-25-19(24)15-10-16(21-12-18(15)23)13-5-6-17(14(9-13)11-20)22-7-3-4-8-22/h5-6,9-10,12,23H,2-4,7-8H2,1H3. The highest BCUT2D eigenvalue weighted by Gasteiger charge is 2.18. The molecule has 0 amide bonds. The first kappa shape index (κ1) is 16.8. The number of pyridine rings is 1. The summed E-state index contributed by atoms with van der Waals surface area (Å²) in [7, 11) is 0. The zero-order valence-corrected chi connectivity index (χ0v) is 14.0. The van der Waals surface area contributed by atoms with E-state index in [0.29, 0.717) is 16.8 Å². The number of carbonyl (C=O) groups excluding carboxylic acids is 1. The van der Waals surface area contributed by atoms with Gasteiger partial charge in [0.1, 0.15) is 17.4 Å². The highest BCUT2D eigenvalue weighted by molar-refractivity contribution is 5.93. The van der Waals surface area contributed by atoms with Crippen LogP contribution in [0.5, 0.6) is 5.75 Å². The van der Waals surface area contributed by atoms with Crippen LogP contribution in [0.3, 0.4) is 0 Å². The van der Waals surface area contributed by atoms with Crippen molar-refractivity contribution in [2.75, 3.05) is 24.6 Å². The van der Waals surface area contributed by atoms with Gasteiger partial charge < -0.3 is 14.7 Å². The molecule has 0 spiro atoms. The van der Waals surface area contributed by atoms with E-state index in [1.54, 1.807) is 13.0 Å². The molecule has 1 saturated heterocycles. The summed E-state index contributed by atoms with van der Waals surface area (Å²) in [6, 6.07) is 9.28. The van der Waals surface area contributed by atoms with Crippen LogP contribution >= 0.6 is 0 Å². The van der Waals surface area contributed by atoms with Crippen molar-refractivity contribution >= 4 is 11.7 Å². The Morgan fingerprint density at radius 3 is 2.80 bits per heavy atom. The molecule has 6 heteroatoms. The van der Waals surface area contributed by atoms with Crippen LogP contribution in [0.4, 0.5) is 5.69 Å². The average molecular weight is 337 g/mol. The van der Waals surface area contributed by atoms with Gasteiger partial charge in [0.15, 0.2) is 0 Å². The van der Waals surface area contributed by atoms with Crippen molar-refractivity contribution in [1.29, 1.82) is 5.26 Å². The molecule has 2 heterocycles. The van der Waals surface area contributed by atoms with Gasteiger partial charge in [-0.2, -0.15) is 5.26 Å². The minimum absolute atomic E-state index is 0.0639. The fourth-order valence-electron chi connectivity index (χ4n) is 3.00. The second-order valence-corrected chi connectivity index (χ2v) is 5.85. The van der Waals surface area contributed by atoms with Gasteiger partial charge >= 0.3 is 5.97 Å². The molecule has 1 aliphatic rings. The lowest BCUT2D eigenvalue weighted by Crippen LogP contribution is -2.18. The monoisotopic (exact) mass is 337 g/mol. The van der Waals surface area contributed by atoms with E-state index in [2.05, 4.69) is 16.0 Å². The molecule has 0 unspecified atom stereocenters. The fourth-order valence-corrected chi connectivity index (χ4v) is 3.00. The highest BCUT2D eigenvalue weighted by Crippen LogP contribution is 2.30. The lowest BCUT2D eigenvalue weighted by Gasteiger charge is -2.19. The zero-order chi connectivity index (χ0) is 17.8. The summed E-state index contributed by atoms with van der Waals surface area (Å²) in [6.07, 6.45) is 3.49.